The molecule has 0 aliphatic rings. The Hall–Kier alpha value is -2.09. The second-order valence-corrected chi connectivity index (χ2v) is 3.48. The third-order valence-corrected chi connectivity index (χ3v) is 2.36. The van der Waals surface area contributed by atoms with Crippen molar-refractivity contribution in [3.05, 3.63) is 72.9 Å². The molecule has 2 nitrogen and oxygen atoms in total. The second kappa shape index (κ2) is 5.12. The Labute approximate surface area is 95.7 Å². The molecule has 1 aromatic heterocycles. The van der Waals surface area contributed by atoms with Gasteiger partial charge < -0.3 is 5.32 Å². The maximum atomic E-state index is 4.23. The van der Waals surface area contributed by atoms with Crippen LogP contribution in [0.2, 0.25) is 0 Å². The molecule has 1 aromatic carbocycles. The molecular weight excluding hydrogens is 196 g/mol. The molecule has 2 rings (SSSR count). The van der Waals surface area contributed by atoms with Gasteiger partial charge in [-0.25, -0.2) is 4.98 Å². The first-order valence-electron chi connectivity index (χ1n) is 5.25. The summed E-state index contributed by atoms with van der Waals surface area (Å²) in [6, 6.07) is 16.1. The number of hydrogen-bond acceptors (Lipinski definition) is 2. The van der Waals surface area contributed by atoms with E-state index in [2.05, 4.69) is 29.0 Å². The predicted octanol–water partition coefficient (Wildman–Crippen LogP) is 3.42. The largest absolute Gasteiger partial charge is 0.360 e. The van der Waals surface area contributed by atoms with E-state index in [0.29, 0.717) is 0 Å². The van der Waals surface area contributed by atoms with E-state index < -0.39 is 0 Å². The Morgan fingerprint density at radius 2 is 1.81 bits per heavy atom. The third-order valence-electron chi connectivity index (χ3n) is 2.36. The van der Waals surface area contributed by atoms with E-state index in [1.807, 2.05) is 42.5 Å². The summed E-state index contributed by atoms with van der Waals surface area (Å²) >= 11 is 0. The minimum Gasteiger partial charge on any atom is -0.360 e. The quantitative estimate of drug-likeness (QED) is 0.782. The van der Waals surface area contributed by atoms with Gasteiger partial charge in [-0.2, -0.15) is 0 Å². The molecule has 2 heteroatoms. The van der Waals surface area contributed by atoms with Crippen molar-refractivity contribution < 1.29 is 0 Å². The van der Waals surface area contributed by atoms with Gasteiger partial charge >= 0.3 is 0 Å². The molecule has 1 heterocycles. The smallest absolute Gasteiger partial charge is 0.126 e. The average molecular weight is 210 g/mol. The Morgan fingerprint density at radius 3 is 2.44 bits per heavy atom. The van der Waals surface area contributed by atoms with Crippen LogP contribution in [-0.4, -0.2) is 4.98 Å². The maximum absolute atomic E-state index is 4.23. The van der Waals surface area contributed by atoms with E-state index in [0.717, 1.165) is 5.82 Å². The van der Waals surface area contributed by atoms with Gasteiger partial charge in [0.25, 0.3) is 0 Å². The maximum Gasteiger partial charge on any atom is 0.126 e. The van der Waals surface area contributed by atoms with E-state index in [-0.39, 0.29) is 6.04 Å². The minimum atomic E-state index is 0.0936. The first-order chi connectivity index (χ1) is 7.90. The van der Waals surface area contributed by atoms with Crippen LogP contribution in [0.3, 0.4) is 0 Å². The Bertz CT molecular complexity index is 437. The first-order valence-corrected chi connectivity index (χ1v) is 5.25. The SMILES string of the molecule is C=CC(Nc1ccccn1)c1ccccc1. The van der Waals surface area contributed by atoms with E-state index in [1.165, 1.54) is 5.56 Å². The fourth-order valence-electron chi connectivity index (χ4n) is 1.55. The zero-order chi connectivity index (χ0) is 11.2. The molecule has 0 radical (unpaired) electrons. The van der Waals surface area contributed by atoms with Gasteiger partial charge in [0, 0.05) is 6.20 Å². The van der Waals surface area contributed by atoms with Crippen molar-refractivity contribution in [2.45, 2.75) is 6.04 Å². The van der Waals surface area contributed by atoms with Crippen molar-refractivity contribution >= 4 is 5.82 Å². The highest BCUT2D eigenvalue weighted by Gasteiger charge is 2.06. The molecule has 0 amide bonds. The molecule has 0 fully saturated rings. The summed E-state index contributed by atoms with van der Waals surface area (Å²) in [6.45, 7) is 3.84. The number of nitrogens with one attached hydrogen (secondary N) is 1. The standard InChI is InChI=1S/C14H14N2/c1-2-13(12-8-4-3-5-9-12)16-14-10-6-7-11-15-14/h2-11,13H,1H2,(H,15,16). The van der Waals surface area contributed by atoms with Crippen LogP contribution in [0.5, 0.6) is 0 Å². The predicted molar refractivity (Wildman–Crippen MR) is 67.2 cm³/mol. The van der Waals surface area contributed by atoms with Gasteiger partial charge in [0.1, 0.15) is 5.82 Å². The number of anilines is 1. The van der Waals surface area contributed by atoms with Crippen molar-refractivity contribution in [1.82, 2.24) is 4.98 Å². The van der Waals surface area contributed by atoms with E-state index >= 15 is 0 Å². The summed E-state index contributed by atoms with van der Waals surface area (Å²) in [5, 5.41) is 3.32. The summed E-state index contributed by atoms with van der Waals surface area (Å²) in [4.78, 5) is 4.23. The lowest BCUT2D eigenvalue weighted by Gasteiger charge is -2.15. The van der Waals surface area contributed by atoms with Gasteiger partial charge in [-0.05, 0) is 17.7 Å². The van der Waals surface area contributed by atoms with E-state index in [1.54, 1.807) is 6.20 Å². The lowest BCUT2D eigenvalue weighted by molar-refractivity contribution is 0.971. The summed E-state index contributed by atoms with van der Waals surface area (Å²) in [7, 11) is 0. The molecule has 0 saturated heterocycles. The molecule has 0 aliphatic heterocycles. The number of aromatic nitrogens is 1. The molecule has 80 valence electrons. The van der Waals surface area contributed by atoms with Crippen LogP contribution in [-0.2, 0) is 0 Å². The van der Waals surface area contributed by atoms with Crippen LogP contribution in [0.15, 0.2) is 67.4 Å². The van der Waals surface area contributed by atoms with Crippen molar-refractivity contribution in [2.75, 3.05) is 5.32 Å². The second-order valence-electron chi connectivity index (χ2n) is 3.48. The van der Waals surface area contributed by atoms with E-state index in [9.17, 15) is 0 Å². The highest BCUT2D eigenvalue weighted by atomic mass is 15.0. The number of pyridine rings is 1. The summed E-state index contributed by atoms with van der Waals surface area (Å²) in [5.74, 6) is 0.858. The van der Waals surface area contributed by atoms with E-state index in [4.69, 9.17) is 0 Å². The van der Waals surface area contributed by atoms with Crippen LogP contribution in [0, 0.1) is 0 Å². The van der Waals surface area contributed by atoms with Gasteiger partial charge in [-0.15, -0.1) is 6.58 Å². The topological polar surface area (TPSA) is 24.9 Å². The van der Waals surface area contributed by atoms with Crippen molar-refractivity contribution in [3.8, 4) is 0 Å². The number of nitrogens with zero attached hydrogens (tertiary/aromatic N) is 1. The molecule has 1 atom stereocenters. The third kappa shape index (κ3) is 2.48. The van der Waals surface area contributed by atoms with Crippen molar-refractivity contribution in [1.29, 1.82) is 0 Å². The number of hydrogen-bond donors (Lipinski definition) is 1. The van der Waals surface area contributed by atoms with Crippen molar-refractivity contribution in [3.63, 3.8) is 0 Å². The molecule has 2 aromatic rings. The molecule has 0 spiro atoms. The normalized spacial score (nSPS) is 11.8. The number of benzene rings is 1. The lowest BCUT2D eigenvalue weighted by atomic mass is 10.1. The van der Waals surface area contributed by atoms with Crippen LogP contribution < -0.4 is 5.32 Å². The van der Waals surface area contributed by atoms with Gasteiger partial charge in [0.2, 0.25) is 0 Å². The highest BCUT2D eigenvalue weighted by Crippen LogP contribution is 2.18. The lowest BCUT2D eigenvalue weighted by Crippen LogP contribution is -2.08. The van der Waals surface area contributed by atoms with Gasteiger partial charge in [-0.3, -0.25) is 0 Å². The average Bonchev–Trinajstić information content (AvgIpc) is 2.38. The Balaban J connectivity index is 2.16. The molecule has 0 bridgehead atoms. The van der Waals surface area contributed by atoms with Gasteiger partial charge in [-0.1, -0.05) is 42.5 Å². The van der Waals surface area contributed by atoms with Crippen LogP contribution >= 0.6 is 0 Å². The monoisotopic (exact) mass is 210 g/mol. The van der Waals surface area contributed by atoms with Crippen LogP contribution in [0.4, 0.5) is 5.82 Å². The summed E-state index contributed by atoms with van der Waals surface area (Å²) in [5.41, 5.74) is 1.18. The fraction of sp³-hybridized carbons (Fsp3) is 0.0714. The molecule has 16 heavy (non-hydrogen) atoms. The van der Waals surface area contributed by atoms with Gasteiger partial charge in [0.05, 0.1) is 6.04 Å². The molecule has 1 N–H and O–H groups in total. The Kier molecular flexibility index (Phi) is 3.34. The summed E-state index contributed by atoms with van der Waals surface area (Å²) < 4.78 is 0. The zero-order valence-corrected chi connectivity index (χ0v) is 9.01. The first kappa shape index (κ1) is 10.4. The van der Waals surface area contributed by atoms with Crippen LogP contribution in [0.25, 0.3) is 0 Å². The van der Waals surface area contributed by atoms with Crippen molar-refractivity contribution in [2.24, 2.45) is 0 Å². The number of rotatable bonds is 4. The molecule has 0 saturated carbocycles. The molecular formula is C14H14N2. The molecule has 0 aliphatic carbocycles. The van der Waals surface area contributed by atoms with Crippen LogP contribution in [0.1, 0.15) is 11.6 Å². The highest BCUT2D eigenvalue weighted by molar-refractivity contribution is 5.39. The van der Waals surface area contributed by atoms with Gasteiger partial charge in [0.15, 0.2) is 0 Å². The summed E-state index contributed by atoms with van der Waals surface area (Å²) in [6.07, 6.45) is 3.65. The Morgan fingerprint density at radius 1 is 1.06 bits per heavy atom. The minimum absolute atomic E-state index is 0.0936. The molecule has 1 unspecified atom stereocenters. The zero-order valence-electron chi connectivity index (χ0n) is 9.01. The fourth-order valence-corrected chi connectivity index (χ4v) is 1.55.